The third-order valence-electron chi connectivity index (χ3n) is 1.42. The number of benzene rings is 1. The lowest BCUT2D eigenvalue weighted by atomic mass is 10.3. The largest absolute Gasteiger partial charge is 0.495 e. The van der Waals surface area contributed by atoms with Crippen LogP contribution in [0.15, 0.2) is 12.1 Å². The van der Waals surface area contributed by atoms with Gasteiger partial charge in [-0.15, -0.1) is 0 Å². The molecule has 0 aliphatic carbocycles. The second-order valence-electron chi connectivity index (χ2n) is 2.30. The van der Waals surface area contributed by atoms with E-state index in [0.29, 0.717) is 5.75 Å². The highest BCUT2D eigenvalue weighted by Crippen LogP contribution is 2.36. The summed E-state index contributed by atoms with van der Waals surface area (Å²) in [5.41, 5.74) is 0. The molecule has 1 aromatic rings. The second kappa shape index (κ2) is 4.66. The van der Waals surface area contributed by atoms with Crippen LogP contribution in [0, 0.1) is 0 Å². The van der Waals surface area contributed by atoms with Crippen LogP contribution < -0.4 is 9.47 Å². The van der Waals surface area contributed by atoms with Gasteiger partial charge < -0.3 is 9.47 Å². The number of methoxy groups -OCH3 is 1. The second-order valence-corrected chi connectivity index (χ2v) is 3.11. The van der Waals surface area contributed by atoms with Gasteiger partial charge in [0.15, 0.2) is 0 Å². The summed E-state index contributed by atoms with van der Waals surface area (Å²) in [4.78, 5) is 0. The first-order chi connectivity index (χ1) is 6.54. The molecule has 0 fully saturated rings. The highest BCUT2D eigenvalue weighted by molar-refractivity contribution is 6.35. The summed E-state index contributed by atoms with van der Waals surface area (Å²) in [5, 5.41) is 0.180. The van der Waals surface area contributed by atoms with Crippen LogP contribution in [0.4, 0.5) is 8.78 Å². The first-order valence-corrected chi connectivity index (χ1v) is 4.28. The van der Waals surface area contributed by atoms with E-state index < -0.39 is 6.61 Å². The Balaban J connectivity index is 3.02. The van der Waals surface area contributed by atoms with Gasteiger partial charge in [0.25, 0.3) is 0 Å². The highest BCUT2D eigenvalue weighted by Gasteiger charge is 2.12. The summed E-state index contributed by atoms with van der Waals surface area (Å²) in [6.45, 7) is -2.93. The fourth-order valence-electron chi connectivity index (χ4n) is 0.853. The Morgan fingerprint density at radius 3 is 2.14 bits per heavy atom. The van der Waals surface area contributed by atoms with Gasteiger partial charge in [-0.25, -0.2) is 0 Å². The SMILES string of the molecule is COc1cc(Cl)c(OC(F)F)cc1Cl. The van der Waals surface area contributed by atoms with Crippen molar-refractivity contribution in [2.45, 2.75) is 6.61 Å². The molecule has 0 aliphatic heterocycles. The normalized spacial score (nSPS) is 10.4. The molecule has 2 nitrogen and oxygen atoms in total. The van der Waals surface area contributed by atoms with Gasteiger partial charge in [0.2, 0.25) is 0 Å². The van der Waals surface area contributed by atoms with E-state index in [-0.39, 0.29) is 15.8 Å². The molecule has 0 spiro atoms. The molecule has 0 amide bonds. The third-order valence-corrected chi connectivity index (χ3v) is 2.01. The molecule has 0 bridgehead atoms. The Bertz CT molecular complexity index is 331. The number of halogens is 4. The Labute approximate surface area is 89.3 Å². The predicted molar refractivity (Wildman–Crippen MR) is 49.6 cm³/mol. The molecule has 0 radical (unpaired) electrons. The van der Waals surface area contributed by atoms with Crippen molar-refractivity contribution in [3.8, 4) is 11.5 Å². The van der Waals surface area contributed by atoms with Crippen molar-refractivity contribution in [2.75, 3.05) is 7.11 Å². The minimum Gasteiger partial charge on any atom is -0.495 e. The van der Waals surface area contributed by atoms with Gasteiger partial charge in [0.1, 0.15) is 11.5 Å². The molecule has 0 saturated heterocycles. The number of alkyl halides is 2. The van der Waals surface area contributed by atoms with Crippen LogP contribution in [0.2, 0.25) is 10.0 Å². The van der Waals surface area contributed by atoms with Crippen molar-refractivity contribution < 1.29 is 18.3 Å². The van der Waals surface area contributed by atoms with E-state index in [9.17, 15) is 8.78 Å². The van der Waals surface area contributed by atoms with Gasteiger partial charge in [-0.3, -0.25) is 0 Å². The molecule has 0 heterocycles. The minimum absolute atomic E-state index is 0.0200. The van der Waals surface area contributed by atoms with Crippen molar-refractivity contribution in [3.05, 3.63) is 22.2 Å². The van der Waals surface area contributed by atoms with Gasteiger partial charge in [-0.05, 0) is 0 Å². The van der Waals surface area contributed by atoms with E-state index in [0.717, 1.165) is 0 Å². The Hall–Kier alpha value is -0.740. The summed E-state index contributed by atoms with van der Waals surface area (Å²) in [7, 11) is 1.39. The maximum absolute atomic E-state index is 11.9. The van der Waals surface area contributed by atoms with Crippen molar-refractivity contribution in [1.29, 1.82) is 0 Å². The van der Waals surface area contributed by atoms with Gasteiger partial charge in [-0.1, -0.05) is 23.2 Å². The van der Waals surface area contributed by atoms with Crippen LogP contribution >= 0.6 is 23.2 Å². The van der Waals surface area contributed by atoms with E-state index in [1.54, 1.807) is 0 Å². The van der Waals surface area contributed by atoms with Gasteiger partial charge in [-0.2, -0.15) is 8.78 Å². The highest BCUT2D eigenvalue weighted by atomic mass is 35.5. The Kier molecular flexibility index (Phi) is 3.77. The van der Waals surface area contributed by atoms with Crippen LogP contribution in [-0.4, -0.2) is 13.7 Å². The fourth-order valence-corrected chi connectivity index (χ4v) is 1.28. The molecule has 0 aliphatic rings. The molecule has 1 aromatic carbocycles. The molecule has 0 saturated carbocycles. The van der Waals surface area contributed by atoms with Crippen molar-refractivity contribution in [2.24, 2.45) is 0 Å². The van der Waals surface area contributed by atoms with Crippen LogP contribution in [0.5, 0.6) is 11.5 Å². The van der Waals surface area contributed by atoms with E-state index in [2.05, 4.69) is 4.74 Å². The lowest BCUT2D eigenvalue weighted by Crippen LogP contribution is -2.02. The minimum atomic E-state index is -2.93. The molecule has 0 atom stereocenters. The number of hydrogen-bond acceptors (Lipinski definition) is 2. The number of hydrogen-bond donors (Lipinski definition) is 0. The van der Waals surface area contributed by atoms with Gasteiger partial charge >= 0.3 is 6.61 Å². The smallest absolute Gasteiger partial charge is 0.387 e. The van der Waals surface area contributed by atoms with Crippen LogP contribution in [0.1, 0.15) is 0 Å². The van der Waals surface area contributed by atoms with Crippen molar-refractivity contribution >= 4 is 23.2 Å². The Morgan fingerprint density at radius 1 is 1.14 bits per heavy atom. The first-order valence-electron chi connectivity index (χ1n) is 3.52. The molecular weight excluding hydrogens is 237 g/mol. The molecule has 1 rings (SSSR count). The number of rotatable bonds is 3. The van der Waals surface area contributed by atoms with Crippen LogP contribution in [0.3, 0.4) is 0 Å². The molecule has 14 heavy (non-hydrogen) atoms. The maximum atomic E-state index is 11.9. The molecular formula is C8H6Cl2F2O2. The van der Waals surface area contributed by atoms with E-state index in [1.807, 2.05) is 0 Å². The fraction of sp³-hybridized carbons (Fsp3) is 0.250. The zero-order valence-electron chi connectivity index (χ0n) is 7.06. The molecule has 78 valence electrons. The van der Waals surface area contributed by atoms with E-state index in [4.69, 9.17) is 27.9 Å². The first kappa shape index (κ1) is 11.3. The zero-order chi connectivity index (χ0) is 10.7. The van der Waals surface area contributed by atoms with Crippen molar-refractivity contribution in [3.63, 3.8) is 0 Å². The van der Waals surface area contributed by atoms with E-state index in [1.165, 1.54) is 19.2 Å². The van der Waals surface area contributed by atoms with Crippen LogP contribution in [0.25, 0.3) is 0 Å². The molecule has 0 unspecified atom stereocenters. The van der Waals surface area contributed by atoms with Crippen LogP contribution in [-0.2, 0) is 0 Å². The maximum Gasteiger partial charge on any atom is 0.387 e. The summed E-state index contributed by atoms with van der Waals surface area (Å²) >= 11 is 11.3. The lowest BCUT2D eigenvalue weighted by molar-refractivity contribution is -0.0498. The molecule has 0 aromatic heterocycles. The Morgan fingerprint density at radius 2 is 1.64 bits per heavy atom. The lowest BCUT2D eigenvalue weighted by Gasteiger charge is -2.09. The average Bonchev–Trinajstić information content (AvgIpc) is 2.10. The summed E-state index contributed by atoms with van der Waals surface area (Å²) in [6.07, 6.45) is 0. The third kappa shape index (κ3) is 2.62. The van der Waals surface area contributed by atoms with Gasteiger partial charge in [0, 0.05) is 12.1 Å². The molecule has 0 N–H and O–H groups in total. The summed E-state index contributed by atoms with van der Waals surface area (Å²) < 4.78 is 32.7. The zero-order valence-corrected chi connectivity index (χ0v) is 8.57. The summed E-state index contributed by atoms with van der Waals surface area (Å²) in [5.74, 6) is 0.130. The molecule has 6 heteroatoms. The summed E-state index contributed by atoms with van der Waals surface area (Å²) in [6, 6.07) is 2.48. The van der Waals surface area contributed by atoms with Gasteiger partial charge in [0.05, 0.1) is 17.2 Å². The predicted octanol–water partition coefficient (Wildman–Crippen LogP) is 3.60. The number of ether oxygens (including phenoxy) is 2. The van der Waals surface area contributed by atoms with Crippen molar-refractivity contribution in [1.82, 2.24) is 0 Å². The van der Waals surface area contributed by atoms with E-state index >= 15 is 0 Å². The standard InChI is InChI=1S/C8H6Cl2F2O2/c1-13-6-2-5(10)7(3-4(6)9)14-8(11)12/h2-3,8H,1H3. The quantitative estimate of drug-likeness (QED) is 0.807. The topological polar surface area (TPSA) is 18.5 Å². The average molecular weight is 243 g/mol. The monoisotopic (exact) mass is 242 g/mol.